The molecule has 1 aromatic heterocycles. The molecule has 5 heteroatoms. The predicted molar refractivity (Wildman–Crippen MR) is 82.1 cm³/mol. The molecule has 0 saturated carbocycles. The highest BCUT2D eigenvalue weighted by molar-refractivity contribution is 5.91. The van der Waals surface area contributed by atoms with Gasteiger partial charge in [0.2, 0.25) is 5.91 Å². The molecule has 1 rings (SSSR count). The third kappa shape index (κ3) is 5.57. The lowest BCUT2D eigenvalue weighted by Gasteiger charge is -2.20. The minimum atomic E-state index is -0.317. The van der Waals surface area contributed by atoms with Gasteiger partial charge in [0.15, 0.2) is 0 Å². The Morgan fingerprint density at radius 1 is 1.30 bits per heavy atom. The minimum Gasteiger partial charge on any atom is -0.366 e. The van der Waals surface area contributed by atoms with E-state index in [1.165, 1.54) is 0 Å². The molecule has 0 unspecified atom stereocenters. The molecule has 1 N–H and O–H groups in total. The fourth-order valence-electron chi connectivity index (χ4n) is 1.67. The molecular weight excluding hydrogens is 254 g/mol. The molecule has 0 aliphatic carbocycles. The van der Waals surface area contributed by atoms with E-state index < -0.39 is 0 Å². The molecule has 5 nitrogen and oxygen atoms in total. The van der Waals surface area contributed by atoms with Crippen LogP contribution in [0.1, 0.15) is 34.6 Å². The molecule has 0 fully saturated rings. The Bertz CT molecular complexity index is 420. The van der Waals surface area contributed by atoms with E-state index in [4.69, 9.17) is 4.74 Å². The van der Waals surface area contributed by atoms with Crippen molar-refractivity contribution >= 4 is 17.4 Å². The van der Waals surface area contributed by atoms with Crippen LogP contribution in [-0.4, -0.2) is 36.2 Å². The average Bonchev–Trinajstić information content (AvgIpc) is 2.39. The number of carbonyl (C=O) groups excluding carboxylic acids is 1. The van der Waals surface area contributed by atoms with Crippen LogP contribution in [0.3, 0.4) is 0 Å². The van der Waals surface area contributed by atoms with E-state index in [2.05, 4.69) is 29.0 Å². The highest BCUT2D eigenvalue weighted by Gasteiger charge is 2.13. The van der Waals surface area contributed by atoms with E-state index in [0.717, 1.165) is 18.9 Å². The van der Waals surface area contributed by atoms with Gasteiger partial charge in [-0.3, -0.25) is 4.79 Å². The smallest absolute Gasteiger partial charge is 0.250 e. The standard InChI is InChI=1S/C15H25N3O2/c1-6-18(7-2)13-9-8-12(10-16-13)17-14(19)11-20-15(3,4)5/h8-10H,6-7,11H2,1-5H3,(H,17,19). The number of amides is 1. The average molecular weight is 279 g/mol. The predicted octanol–water partition coefficient (Wildman–Crippen LogP) is 2.68. The van der Waals surface area contributed by atoms with E-state index in [9.17, 15) is 4.79 Å². The Morgan fingerprint density at radius 2 is 1.95 bits per heavy atom. The summed E-state index contributed by atoms with van der Waals surface area (Å²) in [6.07, 6.45) is 1.67. The van der Waals surface area contributed by atoms with Gasteiger partial charge in [-0.1, -0.05) is 0 Å². The van der Waals surface area contributed by atoms with Crippen molar-refractivity contribution < 1.29 is 9.53 Å². The quantitative estimate of drug-likeness (QED) is 0.870. The highest BCUT2D eigenvalue weighted by atomic mass is 16.5. The second-order valence-corrected chi connectivity index (χ2v) is 5.53. The van der Waals surface area contributed by atoms with Gasteiger partial charge in [0.05, 0.1) is 17.5 Å². The zero-order chi connectivity index (χ0) is 15.2. The number of pyridine rings is 1. The van der Waals surface area contributed by atoms with Crippen LogP contribution < -0.4 is 10.2 Å². The molecule has 0 spiro atoms. The second-order valence-electron chi connectivity index (χ2n) is 5.53. The van der Waals surface area contributed by atoms with Gasteiger partial charge < -0.3 is 15.0 Å². The van der Waals surface area contributed by atoms with Gasteiger partial charge in [-0.25, -0.2) is 4.98 Å². The number of anilines is 2. The molecule has 0 atom stereocenters. The Kier molecular flexibility index (Phi) is 5.95. The van der Waals surface area contributed by atoms with Crippen LogP contribution in [0.4, 0.5) is 11.5 Å². The molecule has 0 bridgehead atoms. The monoisotopic (exact) mass is 279 g/mol. The molecule has 112 valence electrons. The van der Waals surface area contributed by atoms with Crippen molar-refractivity contribution in [2.45, 2.75) is 40.2 Å². The highest BCUT2D eigenvalue weighted by Crippen LogP contribution is 2.14. The second kappa shape index (κ2) is 7.24. The van der Waals surface area contributed by atoms with Crippen LogP contribution in [0.5, 0.6) is 0 Å². The molecule has 0 aromatic carbocycles. The van der Waals surface area contributed by atoms with Gasteiger partial charge in [0, 0.05) is 13.1 Å². The third-order valence-corrected chi connectivity index (χ3v) is 2.76. The van der Waals surface area contributed by atoms with Gasteiger partial charge in [0.25, 0.3) is 0 Å². The summed E-state index contributed by atoms with van der Waals surface area (Å²) in [5.41, 5.74) is 0.366. The number of aromatic nitrogens is 1. The molecule has 0 radical (unpaired) electrons. The van der Waals surface area contributed by atoms with Crippen LogP contribution in [0.15, 0.2) is 18.3 Å². The van der Waals surface area contributed by atoms with Crippen LogP contribution in [0, 0.1) is 0 Å². The molecule has 1 heterocycles. The van der Waals surface area contributed by atoms with Crippen molar-refractivity contribution in [3.05, 3.63) is 18.3 Å². The number of carbonyl (C=O) groups is 1. The number of ether oxygens (including phenoxy) is 1. The lowest BCUT2D eigenvalue weighted by atomic mass is 10.2. The van der Waals surface area contributed by atoms with E-state index in [1.807, 2.05) is 32.9 Å². The van der Waals surface area contributed by atoms with Crippen LogP contribution in [0.25, 0.3) is 0 Å². The summed E-state index contributed by atoms with van der Waals surface area (Å²) >= 11 is 0. The minimum absolute atomic E-state index is 0.0430. The van der Waals surface area contributed by atoms with Crippen LogP contribution in [-0.2, 0) is 9.53 Å². The first kappa shape index (κ1) is 16.4. The first-order valence-electron chi connectivity index (χ1n) is 7.00. The molecular formula is C15H25N3O2. The van der Waals surface area contributed by atoms with E-state index in [1.54, 1.807) is 6.20 Å². The molecule has 1 aromatic rings. The summed E-state index contributed by atoms with van der Waals surface area (Å²) in [5, 5.41) is 2.77. The van der Waals surface area contributed by atoms with E-state index in [-0.39, 0.29) is 18.1 Å². The maximum atomic E-state index is 11.7. The Labute approximate surface area is 121 Å². The summed E-state index contributed by atoms with van der Waals surface area (Å²) in [4.78, 5) is 18.2. The molecule has 20 heavy (non-hydrogen) atoms. The van der Waals surface area contributed by atoms with Crippen molar-refractivity contribution in [2.75, 3.05) is 29.9 Å². The number of nitrogens with one attached hydrogen (secondary N) is 1. The van der Waals surface area contributed by atoms with E-state index >= 15 is 0 Å². The number of hydrogen-bond donors (Lipinski definition) is 1. The van der Waals surface area contributed by atoms with Crippen molar-refractivity contribution in [2.24, 2.45) is 0 Å². The van der Waals surface area contributed by atoms with E-state index in [0.29, 0.717) is 5.69 Å². The SMILES string of the molecule is CCN(CC)c1ccc(NC(=O)COC(C)(C)C)cn1. The van der Waals surface area contributed by atoms with Crippen molar-refractivity contribution in [1.29, 1.82) is 0 Å². The zero-order valence-electron chi connectivity index (χ0n) is 13.1. The van der Waals surface area contributed by atoms with Gasteiger partial charge >= 0.3 is 0 Å². The third-order valence-electron chi connectivity index (χ3n) is 2.76. The van der Waals surface area contributed by atoms with Crippen LogP contribution in [0.2, 0.25) is 0 Å². The fraction of sp³-hybridized carbons (Fsp3) is 0.600. The number of rotatable bonds is 6. The first-order valence-corrected chi connectivity index (χ1v) is 7.00. The lowest BCUT2D eigenvalue weighted by molar-refractivity contribution is -0.125. The van der Waals surface area contributed by atoms with Gasteiger partial charge in [0.1, 0.15) is 12.4 Å². The Morgan fingerprint density at radius 3 is 2.40 bits per heavy atom. The number of hydrogen-bond acceptors (Lipinski definition) is 4. The molecule has 0 aliphatic heterocycles. The fourth-order valence-corrected chi connectivity index (χ4v) is 1.67. The maximum Gasteiger partial charge on any atom is 0.250 e. The summed E-state index contributed by atoms with van der Waals surface area (Å²) in [6, 6.07) is 3.77. The van der Waals surface area contributed by atoms with Gasteiger partial charge in [-0.05, 0) is 46.8 Å². The zero-order valence-corrected chi connectivity index (χ0v) is 13.1. The topological polar surface area (TPSA) is 54.5 Å². The largest absolute Gasteiger partial charge is 0.366 e. The Balaban J connectivity index is 2.55. The molecule has 0 aliphatic rings. The summed E-state index contributed by atoms with van der Waals surface area (Å²) in [6.45, 7) is 11.8. The number of nitrogens with zero attached hydrogens (tertiary/aromatic N) is 2. The van der Waals surface area contributed by atoms with Crippen molar-refractivity contribution in [3.8, 4) is 0 Å². The maximum absolute atomic E-state index is 11.7. The lowest BCUT2D eigenvalue weighted by Crippen LogP contribution is -2.27. The summed E-state index contributed by atoms with van der Waals surface area (Å²) < 4.78 is 5.42. The van der Waals surface area contributed by atoms with Crippen molar-refractivity contribution in [1.82, 2.24) is 4.98 Å². The Hall–Kier alpha value is -1.62. The van der Waals surface area contributed by atoms with Gasteiger partial charge in [-0.15, -0.1) is 0 Å². The summed E-state index contributed by atoms with van der Waals surface area (Å²) in [7, 11) is 0. The molecule has 1 amide bonds. The first-order chi connectivity index (χ1) is 9.35. The van der Waals surface area contributed by atoms with Gasteiger partial charge in [-0.2, -0.15) is 0 Å². The normalized spacial score (nSPS) is 11.2. The van der Waals surface area contributed by atoms with Crippen LogP contribution >= 0.6 is 0 Å². The summed E-state index contributed by atoms with van der Waals surface area (Å²) in [5.74, 6) is 0.747. The molecule has 0 saturated heterocycles. The van der Waals surface area contributed by atoms with Crippen molar-refractivity contribution in [3.63, 3.8) is 0 Å².